The summed E-state index contributed by atoms with van der Waals surface area (Å²) in [6.07, 6.45) is 0.0511. The fraction of sp³-hybridized carbons (Fsp3) is 0.222. The summed E-state index contributed by atoms with van der Waals surface area (Å²) in [7, 11) is 1.39. The lowest BCUT2D eigenvalue weighted by molar-refractivity contribution is 0.382. The van der Waals surface area contributed by atoms with Crippen molar-refractivity contribution in [2.45, 2.75) is 6.42 Å². The minimum Gasteiger partial charge on any atom is -0.492 e. The summed E-state index contributed by atoms with van der Waals surface area (Å²) in [4.78, 5) is 0. The van der Waals surface area contributed by atoms with Gasteiger partial charge in [0.2, 0.25) is 0 Å². The van der Waals surface area contributed by atoms with Crippen LogP contribution in [-0.2, 0) is 6.42 Å². The summed E-state index contributed by atoms with van der Waals surface area (Å²) in [5, 5.41) is 8.41. The minimum atomic E-state index is -0.474. The number of halogens is 2. The summed E-state index contributed by atoms with van der Waals surface area (Å²) in [6, 6.07) is 5.11. The first kappa shape index (κ1) is 10.0. The van der Waals surface area contributed by atoms with E-state index in [0.29, 0.717) is 10.0 Å². The van der Waals surface area contributed by atoms with Crippen LogP contribution in [0.5, 0.6) is 5.75 Å². The van der Waals surface area contributed by atoms with E-state index in [1.807, 2.05) is 6.07 Å². The van der Waals surface area contributed by atoms with Gasteiger partial charge >= 0.3 is 0 Å². The van der Waals surface area contributed by atoms with E-state index in [0.717, 1.165) is 0 Å². The van der Waals surface area contributed by atoms with Crippen LogP contribution in [0.3, 0.4) is 0 Å². The zero-order valence-electron chi connectivity index (χ0n) is 6.97. The Morgan fingerprint density at radius 1 is 1.62 bits per heavy atom. The van der Waals surface area contributed by atoms with Crippen LogP contribution in [0.4, 0.5) is 4.39 Å². The van der Waals surface area contributed by atoms with Crippen LogP contribution in [0, 0.1) is 17.1 Å². The zero-order chi connectivity index (χ0) is 9.84. The first-order chi connectivity index (χ1) is 6.20. The standard InChI is InChI=1S/C9H7BrFNO/c1-13-9-7(10)3-2-6(4-5-12)8(9)11/h2-3H,4H2,1H3. The number of ether oxygens (including phenoxy) is 1. The molecule has 13 heavy (non-hydrogen) atoms. The van der Waals surface area contributed by atoms with Gasteiger partial charge in [0.25, 0.3) is 0 Å². The molecule has 0 aliphatic heterocycles. The second-order valence-corrected chi connectivity index (χ2v) is 3.24. The fourth-order valence-corrected chi connectivity index (χ4v) is 1.45. The Kier molecular flexibility index (Phi) is 3.26. The SMILES string of the molecule is COc1c(Br)ccc(CC#N)c1F. The fourth-order valence-electron chi connectivity index (χ4n) is 0.982. The Bertz CT molecular complexity index is 359. The van der Waals surface area contributed by atoms with Gasteiger partial charge in [0.05, 0.1) is 24.1 Å². The van der Waals surface area contributed by atoms with Crippen LogP contribution in [0.25, 0.3) is 0 Å². The van der Waals surface area contributed by atoms with Gasteiger partial charge in [-0.1, -0.05) is 6.07 Å². The van der Waals surface area contributed by atoms with Gasteiger partial charge < -0.3 is 4.74 Å². The molecule has 0 aromatic heterocycles. The maximum Gasteiger partial charge on any atom is 0.170 e. The average Bonchev–Trinajstić information content (AvgIpc) is 2.11. The maximum absolute atomic E-state index is 13.4. The molecule has 0 heterocycles. The molecule has 0 amide bonds. The summed E-state index contributed by atoms with van der Waals surface area (Å²) in [5.41, 5.74) is 0.350. The number of methoxy groups -OCH3 is 1. The number of hydrogen-bond acceptors (Lipinski definition) is 2. The number of nitrogens with zero attached hydrogens (tertiary/aromatic N) is 1. The van der Waals surface area contributed by atoms with E-state index in [-0.39, 0.29) is 12.2 Å². The summed E-state index contributed by atoms with van der Waals surface area (Å²) in [6.45, 7) is 0. The Balaban J connectivity index is 3.21. The third-order valence-electron chi connectivity index (χ3n) is 1.60. The summed E-state index contributed by atoms with van der Waals surface area (Å²) in [5.74, 6) is -0.328. The predicted octanol–water partition coefficient (Wildman–Crippen LogP) is 2.66. The molecule has 0 saturated heterocycles. The van der Waals surface area contributed by atoms with Crippen molar-refractivity contribution >= 4 is 15.9 Å². The van der Waals surface area contributed by atoms with Gasteiger partial charge in [-0.25, -0.2) is 4.39 Å². The molecule has 0 unspecified atom stereocenters. The Morgan fingerprint density at radius 2 is 2.31 bits per heavy atom. The van der Waals surface area contributed by atoms with Crippen LogP contribution in [0.2, 0.25) is 0 Å². The lowest BCUT2D eigenvalue weighted by atomic mass is 10.1. The Labute approximate surface area is 84.1 Å². The van der Waals surface area contributed by atoms with Crippen molar-refractivity contribution in [3.8, 4) is 11.8 Å². The quantitative estimate of drug-likeness (QED) is 0.801. The largest absolute Gasteiger partial charge is 0.492 e. The third-order valence-corrected chi connectivity index (χ3v) is 2.23. The molecule has 0 aliphatic rings. The van der Waals surface area contributed by atoms with Crippen molar-refractivity contribution in [3.63, 3.8) is 0 Å². The smallest absolute Gasteiger partial charge is 0.170 e. The molecule has 0 saturated carbocycles. The van der Waals surface area contributed by atoms with Crippen LogP contribution in [-0.4, -0.2) is 7.11 Å². The molecular formula is C9H7BrFNO. The van der Waals surface area contributed by atoms with Gasteiger partial charge in [-0.2, -0.15) is 5.26 Å². The molecule has 68 valence electrons. The van der Waals surface area contributed by atoms with Gasteiger partial charge in [0.1, 0.15) is 0 Å². The first-order valence-corrected chi connectivity index (χ1v) is 4.37. The molecule has 4 heteroatoms. The third kappa shape index (κ3) is 1.99. The van der Waals surface area contributed by atoms with Crippen LogP contribution in [0.1, 0.15) is 5.56 Å². The highest BCUT2D eigenvalue weighted by Crippen LogP contribution is 2.29. The van der Waals surface area contributed by atoms with E-state index in [2.05, 4.69) is 15.9 Å². The van der Waals surface area contributed by atoms with Crippen molar-refractivity contribution in [2.24, 2.45) is 0 Å². The Hall–Kier alpha value is -1.08. The highest BCUT2D eigenvalue weighted by molar-refractivity contribution is 9.10. The monoisotopic (exact) mass is 243 g/mol. The highest BCUT2D eigenvalue weighted by atomic mass is 79.9. The second kappa shape index (κ2) is 4.24. The molecule has 2 nitrogen and oxygen atoms in total. The van der Waals surface area contributed by atoms with Gasteiger partial charge in [0.15, 0.2) is 11.6 Å². The van der Waals surface area contributed by atoms with Crippen molar-refractivity contribution in [3.05, 3.63) is 28.0 Å². The average molecular weight is 244 g/mol. The number of benzene rings is 1. The normalized spacial score (nSPS) is 9.38. The van der Waals surface area contributed by atoms with Crippen molar-refractivity contribution in [1.29, 1.82) is 5.26 Å². The molecule has 0 radical (unpaired) electrons. The minimum absolute atomic E-state index is 0.0511. The second-order valence-electron chi connectivity index (χ2n) is 2.39. The topological polar surface area (TPSA) is 33.0 Å². The van der Waals surface area contributed by atoms with Crippen LogP contribution >= 0.6 is 15.9 Å². The lowest BCUT2D eigenvalue weighted by Crippen LogP contribution is -1.95. The van der Waals surface area contributed by atoms with Crippen molar-refractivity contribution < 1.29 is 9.13 Å². The lowest BCUT2D eigenvalue weighted by Gasteiger charge is -2.06. The van der Waals surface area contributed by atoms with E-state index < -0.39 is 5.82 Å². The molecule has 1 aromatic carbocycles. The predicted molar refractivity (Wildman–Crippen MR) is 50.0 cm³/mol. The molecular weight excluding hydrogens is 237 g/mol. The van der Waals surface area contributed by atoms with E-state index in [4.69, 9.17) is 10.00 Å². The summed E-state index contributed by atoms with van der Waals surface area (Å²) >= 11 is 3.14. The Morgan fingerprint density at radius 3 is 2.85 bits per heavy atom. The van der Waals surface area contributed by atoms with Gasteiger partial charge in [-0.05, 0) is 22.0 Å². The van der Waals surface area contributed by atoms with E-state index in [1.54, 1.807) is 12.1 Å². The van der Waals surface area contributed by atoms with Gasteiger partial charge in [0, 0.05) is 5.56 Å². The van der Waals surface area contributed by atoms with Gasteiger partial charge in [-0.3, -0.25) is 0 Å². The molecule has 1 rings (SSSR count). The molecule has 0 N–H and O–H groups in total. The molecule has 0 fully saturated rings. The van der Waals surface area contributed by atoms with Gasteiger partial charge in [-0.15, -0.1) is 0 Å². The molecule has 1 aromatic rings. The number of hydrogen-bond donors (Lipinski definition) is 0. The number of nitriles is 1. The first-order valence-electron chi connectivity index (χ1n) is 3.58. The van der Waals surface area contributed by atoms with Crippen LogP contribution < -0.4 is 4.74 Å². The molecule has 0 bridgehead atoms. The zero-order valence-corrected chi connectivity index (χ0v) is 8.56. The van der Waals surface area contributed by atoms with Crippen molar-refractivity contribution in [1.82, 2.24) is 0 Å². The van der Waals surface area contributed by atoms with E-state index in [1.165, 1.54) is 7.11 Å². The van der Waals surface area contributed by atoms with E-state index in [9.17, 15) is 4.39 Å². The molecule has 0 spiro atoms. The molecule has 0 aliphatic carbocycles. The van der Waals surface area contributed by atoms with Crippen molar-refractivity contribution in [2.75, 3.05) is 7.11 Å². The summed E-state index contributed by atoms with van der Waals surface area (Å²) < 4.78 is 18.8. The maximum atomic E-state index is 13.4. The molecule has 0 atom stereocenters. The van der Waals surface area contributed by atoms with Crippen LogP contribution in [0.15, 0.2) is 16.6 Å². The number of rotatable bonds is 2. The highest BCUT2D eigenvalue weighted by Gasteiger charge is 2.11. The van der Waals surface area contributed by atoms with E-state index >= 15 is 0 Å².